The Balaban J connectivity index is 2.04. The minimum atomic E-state index is -0.277. The molecule has 106 valence electrons. The molecule has 0 aromatic carbocycles. The van der Waals surface area contributed by atoms with E-state index in [2.05, 4.69) is 26.7 Å². The Kier molecular flexibility index (Phi) is 4.39. The molecule has 5 N–H and O–H groups in total. The standard InChI is InChI=1S/C12H22N6O/c1-2-9(7-13)17-3-5-18(6-4-17)11-10(14)12(19)16-8-15-11/h8-9H,2-7,13-14H2,1H3,(H,15,16,19). The average Bonchev–Trinajstić information content (AvgIpc) is 2.44. The van der Waals surface area contributed by atoms with E-state index in [-0.39, 0.29) is 11.2 Å². The molecule has 0 aliphatic carbocycles. The Morgan fingerprint density at radius 1 is 1.42 bits per heavy atom. The number of hydrogen-bond donors (Lipinski definition) is 3. The summed E-state index contributed by atoms with van der Waals surface area (Å²) >= 11 is 0. The third kappa shape index (κ3) is 2.87. The van der Waals surface area contributed by atoms with Gasteiger partial charge in [-0.1, -0.05) is 6.92 Å². The second kappa shape index (κ2) is 6.03. The van der Waals surface area contributed by atoms with Gasteiger partial charge in [0.1, 0.15) is 5.69 Å². The van der Waals surface area contributed by atoms with E-state index in [1.54, 1.807) is 0 Å². The first-order chi connectivity index (χ1) is 9.17. The van der Waals surface area contributed by atoms with E-state index < -0.39 is 0 Å². The molecule has 1 atom stereocenters. The molecule has 1 aromatic rings. The van der Waals surface area contributed by atoms with Crippen LogP contribution in [0.4, 0.5) is 11.5 Å². The van der Waals surface area contributed by atoms with Crippen LogP contribution in [0.1, 0.15) is 13.3 Å². The molecule has 7 nitrogen and oxygen atoms in total. The summed E-state index contributed by atoms with van der Waals surface area (Å²) in [5, 5.41) is 0. The SMILES string of the molecule is CCC(CN)N1CCN(c2nc[nH]c(=O)c2N)CC1. The van der Waals surface area contributed by atoms with Crippen LogP contribution in [0.2, 0.25) is 0 Å². The van der Waals surface area contributed by atoms with Crippen LogP contribution in [-0.4, -0.2) is 53.6 Å². The third-order valence-electron chi connectivity index (χ3n) is 3.74. The Morgan fingerprint density at radius 2 is 2.11 bits per heavy atom. The maximum absolute atomic E-state index is 11.5. The van der Waals surface area contributed by atoms with Gasteiger partial charge >= 0.3 is 0 Å². The van der Waals surface area contributed by atoms with Crippen molar-refractivity contribution in [2.75, 3.05) is 43.4 Å². The number of anilines is 2. The molecule has 2 rings (SSSR count). The van der Waals surface area contributed by atoms with Crippen molar-refractivity contribution in [3.63, 3.8) is 0 Å². The van der Waals surface area contributed by atoms with Crippen molar-refractivity contribution in [3.8, 4) is 0 Å². The second-order valence-corrected chi connectivity index (χ2v) is 4.79. The topological polar surface area (TPSA) is 104 Å². The van der Waals surface area contributed by atoms with E-state index in [0.717, 1.165) is 32.6 Å². The number of hydrogen-bond acceptors (Lipinski definition) is 6. The molecule has 0 saturated carbocycles. The van der Waals surface area contributed by atoms with Crippen molar-refractivity contribution in [1.82, 2.24) is 14.9 Å². The Morgan fingerprint density at radius 3 is 2.68 bits per heavy atom. The largest absolute Gasteiger partial charge is 0.391 e. The molecule has 1 saturated heterocycles. The van der Waals surface area contributed by atoms with Gasteiger partial charge in [-0.05, 0) is 6.42 Å². The maximum Gasteiger partial charge on any atom is 0.276 e. The van der Waals surface area contributed by atoms with Crippen LogP contribution in [0.15, 0.2) is 11.1 Å². The lowest BCUT2D eigenvalue weighted by Gasteiger charge is -2.39. The predicted octanol–water partition coefficient (Wildman–Crippen LogP) is -0.789. The van der Waals surface area contributed by atoms with Gasteiger partial charge in [-0.25, -0.2) is 4.98 Å². The van der Waals surface area contributed by atoms with Crippen molar-refractivity contribution in [1.29, 1.82) is 0 Å². The lowest BCUT2D eigenvalue weighted by Crippen LogP contribution is -2.52. The highest BCUT2D eigenvalue weighted by molar-refractivity contribution is 5.61. The second-order valence-electron chi connectivity index (χ2n) is 4.79. The Hall–Kier alpha value is -1.60. The molecular formula is C12H22N6O. The molecular weight excluding hydrogens is 244 g/mol. The van der Waals surface area contributed by atoms with E-state index in [1.165, 1.54) is 6.33 Å². The van der Waals surface area contributed by atoms with Gasteiger partial charge in [0.25, 0.3) is 5.56 Å². The van der Waals surface area contributed by atoms with Gasteiger partial charge in [0.2, 0.25) is 0 Å². The quantitative estimate of drug-likeness (QED) is 0.660. The summed E-state index contributed by atoms with van der Waals surface area (Å²) in [5.74, 6) is 0.587. The molecule has 0 amide bonds. The molecule has 2 heterocycles. The number of nitrogens with one attached hydrogen (secondary N) is 1. The Labute approximate surface area is 112 Å². The number of aromatic amines is 1. The van der Waals surface area contributed by atoms with E-state index in [0.29, 0.717) is 18.4 Å². The fourth-order valence-electron chi connectivity index (χ4n) is 2.53. The van der Waals surface area contributed by atoms with Crippen LogP contribution in [0, 0.1) is 0 Å². The summed E-state index contributed by atoms with van der Waals surface area (Å²) < 4.78 is 0. The molecule has 19 heavy (non-hydrogen) atoms. The number of aromatic nitrogens is 2. The zero-order valence-corrected chi connectivity index (χ0v) is 11.3. The molecule has 0 bridgehead atoms. The number of H-pyrrole nitrogens is 1. The van der Waals surface area contributed by atoms with Crippen molar-refractivity contribution in [2.45, 2.75) is 19.4 Å². The van der Waals surface area contributed by atoms with E-state index in [1.807, 2.05) is 0 Å². The fraction of sp³-hybridized carbons (Fsp3) is 0.667. The molecule has 1 aromatic heterocycles. The zero-order chi connectivity index (χ0) is 13.8. The van der Waals surface area contributed by atoms with E-state index in [4.69, 9.17) is 11.5 Å². The highest BCUT2D eigenvalue weighted by Gasteiger charge is 2.24. The van der Waals surface area contributed by atoms with Gasteiger partial charge in [-0.3, -0.25) is 9.69 Å². The number of nitrogens with two attached hydrogens (primary N) is 2. The fourth-order valence-corrected chi connectivity index (χ4v) is 2.53. The molecule has 1 aliphatic rings. The van der Waals surface area contributed by atoms with Crippen LogP contribution < -0.4 is 21.9 Å². The van der Waals surface area contributed by atoms with Gasteiger partial charge in [0.05, 0.1) is 6.33 Å². The molecule has 0 radical (unpaired) electrons. The lowest BCUT2D eigenvalue weighted by atomic mass is 10.1. The van der Waals surface area contributed by atoms with Gasteiger partial charge < -0.3 is 21.4 Å². The summed E-state index contributed by atoms with van der Waals surface area (Å²) in [6.45, 7) is 6.31. The molecule has 0 spiro atoms. The Bertz CT molecular complexity index is 462. The monoisotopic (exact) mass is 266 g/mol. The summed E-state index contributed by atoms with van der Waals surface area (Å²) in [6.07, 6.45) is 2.46. The minimum Gasteiger partial charge on any atom is -0.391 e. The number of piperazine rings is 1. The zero-order valence-electron chi connectivity index (χ0n) is 11.3. The van der Waals surface area contributed by atoms with E-state index in [9.17, 15) is 4.79 Å². The van der Waals surface area contributed by atoms with Crippen LogP contribution in [-0.2, 0) is 0 Å². The third-order valence-corrected chi connectivity index (χ3v) is 3.74. The summed E-state index contributed by atoms with van der Waals surface area (Å²) in [5.41, 5.74) is 11.5. The summed E-state index contributed by atoms with van der Waals surface area (Å²) in [4.78, 5) is 22.6. The van der Waals surface area contributed by atoms with Gasteiger partial charge in [-0.15, -0.1) is 0 Å². The smallest absolute Gasteiger partial charge is 0.276 e. The van der Waals surface area contributed by atoms with Gasteiger partial charge in [0, 0.05) is 38.8 Å². The first-order valence-corrected chi connectivity index (χ1v) is 6.69. The van der Waals surface area contributed by atoms with Crippen LogP contribution in [0.25, 0.3) is 0 Å². The average molecular weight is 266 g/mol. The van der Waals surface area contributed by atoms with Crippen molar-refractivity contribution >= 4 is 11.5 Å². The van der Waals surface area contributed by atoms with Crippen molar-refractivity contribution < 1.29 is 0 Å². The molecule has 1 fully saturated rings. The van der Waals surface area contributed by atoms with E-state index >= 15 is 0 Å². The first kappa shape index (κ1) is 13.8. The number of rotatable bonds is 4. The molecule has 7 heteroatoms. The summed E-state index contributed by atoms with van der Waals surface area (Å²) in [7, 11) is 0. The highest BCUT2D eigenvalue weighted by Crippen LogP contribution is 2.18. The van der Waals surface area contributed by atoms with Crippen molar-refractivity contribution in [3.05, 3.63) is 16.7 Å². The highest BCUT2D eigenvalue weighted by atomic mass is 16.1. The van der Waals surface area contributed by atoms with Gasteiger partial charge in [0.15, 0.2) is 5.82 Å². The van der Waals surface area contributed by atoms with Crippen molar-refractivity contribution in [2.24, 2.45) is 5.73 Å². The minimum absolute atomic E-state index is 0.196. The van der Waals surface area contributed by atoms with Crippen LogP contribution in [0.3, 0.4) is 0 Å². The summed E-state index contributed by atoms with van der Waals surface area (Å²) in [6, 6.07) is 0.437. The molecule has 1 aliphatic heterocycles. The number of nitrogen functional groups attached to an aromatic ring is 1. The molecule has 1 unspecified atom stereocenters. The van der Waals surface area contributed by atoms with Crippen LogP contribution >= 0.6 is 0 Å². The normalized spacial score (nSPS) is 18.5. The first-order valence-electron chi connectivity index (χ1n) is 6.69. The number of nitrogens with zero attached hydrogens (tertiary/aromatic N) is 3. The maximum atomic E-state index is 11.5. The van der Waals surface area contributed by atoms with Crippen LogP contribution in [0.5, 0.6) is 0 Å². The lowest BCUT2D eigenvalue weighted by molar-refractivity contribution is 0.184. The predicted molar refractivity (Wildman–Crippen MR) is 76.2 cm³/mol. The van der Waals surface area contributed by atoms with Gasteiger partial charge in [-0.2, -0.15) is 0 Å².